The number of para-hydroxylation sites is 1. The Morgan fingerprint density at radius 3 is 2.06 bits per heavy atom. The Labute approximate surface area is 107 Å². The average Bonchev–Trinajstić information content (AvgIpc) is 2.46. The monoisotopic (exact) mass is 240 g/mol. The van der Waals surface area contributed by atoms with Crippen LogP contribution in [0.4, 0.5) is 5.69 Å². The molecular weight excluding hydrogens is 224 g/mol. The zero-order valence-electron chi connectivity index (χ0n) is 10.3. The standard InChI is InChI=1S/C15H16N2O/c1-16-15(18)14(12-8-4-2-5-9-12)17-13-10-6-3-7-11-13/h2-11,14,17H,1H3,(H,16,18). The number of carbonyl (C=O) groups excluding carboxylic acids is 1. The Morgan fingerprint density at radius 1 is 0.944 bits per heavy atom. The van der Waals surface area contributed by atoms with Gasteiger partial charge in [0.25, 0.3) is 0 Å². The van der Waals surface area contributed by atoms with Gasteiger partial charge in [0.15, 0.2) is 0 Å². The van der Waals surface area contributed by atoms with E-state index in [9.17, 15) is 4.79 Å². The lowest BCUT2D eigenvalue weighted by Crippen LogP contribution is -2.30. The fourth-order valence-corrected chi connectivity index (χ4v) is 1.79. The van der Waals surface area contributed by atoms with Crippen LogP contribution in [0.3, 0.4) is 0 Å². The highest BCUT2D eigenvalue weighted by Crippen LogP contribution is 2.19. The van der Waals surface area contributed by atoms with E-state index in [0.29, 0.717) is 0 Å². The van der Waals surface area contributed by atoms with E-state index in [1.807, 2.05) is 60.7 Å². The normalized spacial score (nSPS) is 11.6. The molecule has 0 aliphatic carbocycles. The predicted octanol–water partition coefficient (Wildman–Crippen LogP) is 2.59. The number of likely N-dealkylation sites (N-methyl/N-ethyl adjacent to an activating group) is 1. The molecule has 0 heterocycles. The van der Waals surface area contributed by atoms with Crippen LogP contribution in [0.15, 0.2) is 60.7 Å². The van der Waals surface area contributed by atoms with Gasteiger partial charge in [-0.05, 0) is 17.7 Å². The Morgan fingerprint density at radius 2 is 1.50 bits per heavy atom. The second-order valence-corrected chi connectivity index (χ2v) is 3.97. The molecule has 92 valence electrons. The lowest BCUT2D eigenvalue weighted by molar-refractivity contribution is -0.121. The second kappa shape index (κ2) is 5.87. The first-order valence-electron chi connectivity index (χ1n) is 5.89. The van der Waals surface area contributed by atoms with Gasteiger partial charge in [0.1, 0.15) is 6.04 Å². The number of carbonyl (C=O) groups is 1. The minimum absolute atomic E-state index is 0.0509. The van der Waals surface area contributed by atoms with Crippen molar-refractivity contribution in [3.05, 3.63) is 66.2 Å². The van der Waals surface area contributed by atoms with E-state index in [4.69, 9.17) is 0 Å². The SMILES string of the molecule is CNC(=O)C(Nc1ccccc1)c1ccccc1. The van der Waals surface area contributed by atoms with E-state index >= 15 is 0 Å². The lowest BCUT2D eigenvalue weighted by atomic mass is 10.1. The predicted molar refractivity (Wildman–Crippen MR) is 73.3 cm³/mol. The third-order valence-corrected chi connectivity index (χ3v) is 2.73. The zero-order valence-corrected chi connectivity index (χ0v) is 10.3. The summed E-state index contributed by atoms with van der Waals surface area (Å²) in [5, 5.41) is 5.92. The van der Waals surface area contributed by atoms with Crippen molar-refractivity contribution < 1.29 is 4.79 Å². The van der Waals surface area contributed by atoms with E-state index in [-0.39, 0.29) is 11.9 Å². The molecule has 0 spiro atoms. The number of benzene rings is 2. The Balaban J connectivity index is 2.24. The highest BCUT2D eigenvalue weighted by Gasteiger charge is 2.18. The van der Waals surface area contributed by atoms with E-state index in [0.717, 1.165) is 11.3 Å². The maximum absolute atomic E-state index is 11.9. The van der Waals surface area contributed by atoms with Gasteiger partial charge >= 0.3 is 0 Å². The number of rotatable bonds is 4. The molecular formula is C15H16N2O. The molecule has 0 aromatic heterocycles. The van der Waals surface area contributed by atoms with Gasteiger partial charge in [0, 0.05) is 12.7 Å². The van der Waals surface area contributed by atoms with E-state index in [2.05, 4.69) is 10.6 Å². The van der Waals surface area contributed by atoms with Crippen molar-refractivity contribution in [2.24, 2.45) is 0 Å². The van der Waals surface area contributed by atoms with Crippen LogP contribution in [0.1, 0.15) is 11.6 Å². The van der Waals surface area contributed by atoms with Crippen LogP contribution in [-0.4, -0.2) is 13.0 Å². The number of nitrogens with one attached hydrogen (secondary N) is 2. The smallest absolute Gasteiger partial charge is 0.246 e. The molecule has 0 aliphatic rings. The van der Waals surface area contributed by atoms with Gasteiger partial charge in [-0.2, -0.15) is 0 Å². The number of hydrogen-bond donors (Lipinski definition) is 2. The van der Waals surface area contributed by atoms with Gasteiger partial charge in [0.2, 0.25) is 5.91 Å². The van der Waals surface area contributed by atoms with Gasteiger partial charge in [-0.15, -0.1) is 0 Å². The Kier molecular flexibility index (Phi) is 3.97. The number of amides is 1. The summed E-state index contributed by atoms with van der Waals surface area (Å²) in [6, 6.07) is 19.0. The van der Waals surface area contributed by atoms with Gasteiger partial charge in [-0.3, -0.25) is 4.79 Å². The van der Waals surface area contributed by atoms with Gasteiger partial charge in [0.05, 0.1) is 0 Å². The molecule has 1 unspecified atom stereocenters. The molecule has 2 rings (SSSR count). The van der Waals surface area contributed by atoms with Crippen LogP contribution in [-0.2, 0) is 4.79 Å². The molecule has 2 aromatic rings. The van der Waals surface area contributed by atoms with Crippen molar-refractivity contribution >= 4 is 11.6 Å². The molecule has 0 saturated heterocycles. The fourth-order valence-electron chi connectivity index (χ4n) is 1.79. The quantitative estimate of drug-likeness (QED) is 0.862. The van der Waals surface area contributed by atoms with Gasteiger partial charge in [-0.25, -0.2) is 0 Å². The minimum Gasteiger partial charge on any atom is -0.370 e. The van der Waals surface area contributed by atoms with Crippen molar-refractivity contribution in [1.82, 2.24) is 5.32 Å². The molecule has 0 radical (unpaired) electrons. The molecule has 3 nitrogen and oxygen atoms in total. The van der Waals surface area contributed by atoms with Gasteiger partial charge in [-0.1, -0.05) is 48.5 Å². The molecule has 0 fully saturated rings. The number of hydrogen-bond acceptors (Lipinski definition) is 2. The van der Waals surface area contributed by atoms with Crippen molar-refractivity contribution in [2.75, 3.05) is 12.4 Å². The summed E-state index contributed by atoms with van der Waals surface area (Å²) in [4.78, 5) is 11.9. The molecule has 2 N–H and O–H groups in total. The van der Waals surface area contributed by atoms with E-state index < -0.39 is 0 Å². The maximum Gasteiger partial charge on any atom is 0.246 e. The molecule has 0 aliphatic heterocycles. The Bertz CT molecular complexity index is 496. The van der Waals surface area contributed by atoms with E-state index in [1.54, 1.807) is 7.05 Å². The summed E-state index contributed by atoms with van der Waals surface area (Å²) in [6.45, 7) is 0. The third kappa shape index (κ3) is 2.88. The first-order chi connectivity index (χ1) is 8.81. The van der Waals surface area contributed by atoms with Crippen LogP contribution in [0.25, 0.3) is 0 Å². The first-order valence-corrected chi connectivity index (χ1v) is 5.89. The highest BCUT2D eigenvalue weighted by molar-refractivity contribution is 5.85. The number of anilines is 1. The summed E-state index contributed by atoms with van der Waals surface area (Å²) < 4.78 is 0. The first kappa shape index (κ1) is 12.2. The fraction of sp³-hybridized carbons (Fsp3) is 0.133. The van der Waals surface area contributed by atoms with Crippen LogP contribution >= 0.6 is 0 Å². The largest absolute Gasteiger partial charge is 0.370 e. The molecule has 2 aromatic carbocycles. The van der Waals surface area contributed by atoms with E-state index in [1.165, 1.54) is 0 Å². The molecule has 1 atom stereocenters. The van der Waals surface area contributed by atoms with Gasteiger partial charge < -0.3 is 10.6 Å². The van der Waals surface area contributed by atoms with Crippen molar-refractivity contribution in [3.8, 4) is 0 Å². The van der Waals surface area contributed by atoms with Crippen LogP contribution in [0, 0.1) is 0 Å². The molecule has 1 amide bonds. The summed E-state index contributed by atoms with van der Waals surface area (Å²) >= 11 is 0. The van der Waals surface area contributed by atoms with Crippen LogP contribution in [0.5, 0.6) is 0 Å². The molecule has 0 saturated carbocycles. The maximum atomic E-state index is 11.9. The lowest BCUT2D eigenvalue weighted by Gasteiger charge is -2.18. The summed E-state index contributed by atoms with van der Waals surface area (Å²) in [5.41, 5.74) is 1.87. The summed E-state index contributed by atoms with van der Waals surface area (Å²) in [6.07, 6.45) is 0. The van der Waals surface area contributed by atoms with Crippen molar-refractivity contribution in [2.45, 2.75) is 6.04 Å². The third-order valence-electron chi connectivity index (χ3n) is 2.73. The van der Waals surface area contributed by atoms with Crippen molar-refractivity contribution in [3.63, 3.8) is 0 Å². The van der Waals surface area contributed by atoms with Crippen molar-refractivity contribution in [1.29, 1.82) is 0 Å². The summed E-state index contributed by atoms with van der Waals surface area (Å²) in [7, 11) is 1.64. The topological polar surface area (TPSA) is 41.1 Å². The summed E-state index contributed by atoms with van der Waals surface area (Å²) in [5.74, 6) is -0.0509. The molecule has 0 bridgehead atoms. The molecule has 3 heteroatoms. The minimum atomic E-state index is -0.376. The van der Waals surface area contributed by atoms with Crippen LogP contribution in [0.2, 0.25) is 0 Å². The zero-order chi connectivity index (χ0) is 12.8. The second-order valence-electron chi connectivity index (χ2n) is 3.97. The average molecular weight is 240 g/mol. The molecule has 18 heavy (non-hydrogen) atoms. The Hall–Kier alpha value is -2.29. The van der Waals surface area contributed by atoms with Crippen LogP contribution < -0.4 is 10.6 Å². The highest BCUT2D eigenvalue weighted by atomic mass is 16.2.